The van der Waals surface area contributed by atoms with E-state index in [1.807, 2.05) is 25.7 Å². The molecule has 0 aromatic rings. The van der Waals surface area contributed by atoms with Crippen LogP contribution in [0.15, 0.2) is 0 Å². The van der Waals surface area contributed by atoms with Gasteiger partial charge in [-0.25, -0.2) is 4.79 Å². The van der Waals surface area contributed by atoms with Gasteiger partial charge in [0.25, 0.3) is 0 Å². The van der Waals surface area contributed by atoms with Gasteiger partial charge in [-0.05, 0) is 46.5 Å². The highest BCUT2D eigenvalue weighted by atomic mass is 16.6. The van der Waals surface area contributed by atoms with Gasteiger partial charge in [0.1, 0.15) is 5.60 Å². The van der Waals surface area contributed by atoms with E-state index in [1.54, 1.807) is 0 Å². The van der Waals surface area contributed by atoms with Crippen LogP contribution in [0.3, 0.4) is 0 Å². The Morgan fingerprint density at radius 1 is 1.27 bits per heavy atom. The third-order valence-electron chi connectivity index (χ3n) is 2.75. The second kappa shape index (κ2) is 4.42. The van der Waals surface area contributed by atoms with Crippen molar-refractivity contribution in [2.24, 2.45) is 5.92 Å². The first-order valence-electron chi connectivity index (χ1n) is 5.79. The van der Waals surface area contributed by atoms with Gasteiger partial charge in [-0.15, -0.1) is 0 Å². The number of hydrogen-bond acceptors (Lipinski definition) is 2. The van der Waals surface area contributed by atoms with Crippen molar-refractivity contribution in [3.05, 3.63) is 0 Å². The van der Waals surface area contributed by atoms with Gasteiger partial charge >= 0.3 is 6.09 Å². The largest absolute Gasteiger partial charge is 0.444 e. The van der Waals surface area contributed by atoms with Crippen molar-refractivity contribution < 1.29 is 9.53 Å². The third-order valence-corrected chi connectivity index (χ3v) is 2.75. The van der Waals surface area contributed by atoms with Gasteiger partial charge in [-0.1, -0.05) is 6.92 Å². The lowest BCUT2D eigenvalue weighted by molar-refractivity contribution is 0.00654. The van der Waals surface area contributed by atoms with E-state index >= 15 is 0 Å². The molecule has 1 rings (SSSR count). The average Bonchev–Trinajstić information content (AvgIpc) is 2.06. The number of carbonyl (C=O) groups is 1. The van der Waals surface area contributed by atoms with Crippen molar-refractivity contribution in [3.63, 3.8) is 0 Å². The third kappa shape index (κ3) is 3.73. The number of rotatable bonds is 0. The highest BCUT2D eigenvalue weighted by Gasteiger charge is 2.30. The number of amides is 1. The monoisotopic (exact) mass is 213 g/mol. The van der Waals surface area contributed by atoms with Crippen LogP contribution in [0.25, 0.3) is 0 Å². The molecule has 1 amide bonds. The molecule has 2 atom stereocenters. The number of carbonyl (C=O) groups excluding carboxylic acids is 1. The summed E-state index contributed by atoms with van der Waals surface area (Å²) in [7, 11) is 0. The molecule has 1 aliphatic heterocycles. The number of hydrogen-bond donors (Lipinski definition) is 0. The molecule has 0 N–H and O–H groups in total. The second-order valence-electron chi connectivity index (χ2n) is 5.66. The quantitative estimate of drug-likeness (QED) is 0.619. The standard InChI is InChI=1S/C12H23NO2/c1-9-6-7-10(2)13(8-9)11(14)15-12(3,4)5/h9-10H,6-8H2,1-5H3. The zero-order chi connectivity index (χ0) is 11.6. The first kappa shape index (κ1) is 12.3. The summed E-state index contributed by atoms with van der Waals surface area (Å²) in [6.45, 7) is 10.8. The van der Waals surface area contributed by atoms with E-state index in [4.69, 9.17) is 4.74 Å². The van der Waals surface area contributed by atoms with Gasteiger partial charge in [0.15, 0.2) is 0 Å². The first-order chi connectivity index (χ1) is 6.79. The predicted molar refractivity (Wildman–Crippen MR) is 60.8 cm³/mol. The van der Waals surface area contributed by atoms with Crippen LogP contribution >= 0.6 is 0 Å². The summed E-state index contributed by atoms with van der Waals surface area (Å²) in [5, 5.41) is 0. The Labute approximate surface area is 92.8 Å². The van der Waals surface area contributed by atoms with Gasteiger partial charge in [-0.3, -0.25) is 0 Å². The normalized spacial score (nSPS) is 27.7. The summed E-state index contributed by atoms with van der Waals surface area (Å²) in [5.74, 6) is 0.591. The first-order valence-corrected chi connectivity index (χ1v) is 5.79. The van der Waals surface area contributed by atoms with Crippen LogP contribution in [0.4, 0.5) is 4.79 Å². The van der Waals surface area contributed by atoms with E-state index in [-0.39, 0.29) is 6.09 Å². The van der Waals surface area contributed by atoms with E-state index in [9.17, 15) is 4.79 Å². The maximum Gasteiger partial charge on any atom is 0.410 e. The topological polar surface area (TPSA) is 29.5 Å². The van der Waals surface area contributed by atoms with E-state index in [1.165, 1.54) is 6.42 Å². The molecule has 1 aliphatic rings. The molecule has 3 heteroatoms. The molecule has 88 valence electrons. The molecular weight excluding hydrogens is 190 g/mol. The molecule has 0 radical (unpaired) electrons. The van der Waals surface area contributed by atoms with Gasteiger partial charge in [0.05, 0.1) is 0 Å². The number of likely N-dealkylation sites (tertiary alicyclic amines) is 1. The Hall–Kier alpha value is -0.730. The van der Waals surface area contributed by atoms with Crippen molar-refractivity contribution in [1.29, 1.82) is 0 Å². The Morgan fingerprint density at radius 3 is 2.40 bits per heavy atom. The van der Waals surface area contributed by atoms with Crippen molar-refractivity contribution in [2.45, 2.75) is 59.1 Å². The minimum atomic E-state index is -0.391. The molecule has 0 aromatic heterocycles. The molecule has 0 saturated carbocycles. The Kier molecular flexibility index (Phi) is 3.63. The fraction of sp³-hybridized carbons (Fsp3) is 0.917. The maximum atomic E-state index is 11.9. The number of ether oxygens (including phenoxy) is 1. The zero-order valence-corrected chi connectivity index (χ0v) is 10.5. The fourth-order valence-electron chi connectivity index (χ4n) is 1.86. The lowest BCUT2D eigenvalue weighted by Crippen LogP contribution is -2.47. The molecule has 1 fully saturated rings. The molecule has 1 heterocycles. The van der Waals surface area contributed by atoms with Crippen molar-refractivity contribution in [3.8, 4) is 0 Å². The van der Waals surface area contributed by atoms with Crippen LogP contribution in [0, 0.1) is 5.92 Å². The average molecular weight is 213 g/mol. The van der Waals surface area contributed by atoms with E-state index in [2.05, 4.69) is 13.8 Å². The molecule has 2 unspecified atom stereocenters. The van der Waals surface area contributed by atoms with Crippen LogP contribution < -0.4 is 0 Å². The molecule has 0 spiro atoms. The van der Waals surface area contributed by atoms with Crippen molar-refractivity contribution in [2.75, 3.05) is 6.54 Å². The number of nitrogens with zero attached hydrogens (tertiary/aromatic N) is 1. The minimum Gasteiger partial charge on any atom is -0.444 e. The molecule has 3 nitrogen and oxygen atoms in total. The SMILES string of the molecule is CC1CCC(C)N(C(=O)OC(C)(C)C)C1. The molecule has 0 bridgehead atoms. The summed E-state index contributed by atoms with van der Waals surface area (Å²) < 4.78 is 5.38. The number of piperidine rings is 1. The van der Waals surface area contributed by atoms with Gasteiger partial charge in [0, 0.05) is 12.6 Å². The van der Waals surface area contributed by atoms with Gasteiger partial charge < -0.3 is 9.64 Å². The Bertz CT molecular complexity index is 232. The van der Waals surface area contributed by atoms with Crippen LogP contribution in [-0.4, -0.2) is 29.2 Å². The Morgan fingerprint density at radius 2 is 1.87 bits per heavy atom. The second-order valence-corrected chi connectivity index (χ2v) is 5.66. The molecule has 0 aromatic carbocycles. The zero-order valence-electron chi connectivity index (χ0n) is 10.5. The molecule has 1 saturated heterocycles. The summed E-state index contributed by atoms with van der Waals surface area (Å²) >= 11 is 0. The highest BCUT2D eigenvalue weighted by molar-refractivity contribution is 5.68. The van der Waals surface area contributed by atoms with Gasteiger partial charge in [0.2, 0.25) is 0 Å². The lowest BCUT2D eigenvalue weighted by Gasteiger charge is -2.37. The summed E-state index contributed by atoms with van der Waals surface area (Å²) in [4.78, 5) is 13.7. The molecule has 0 aliphatic carbocycles. The summed E-state index contributed by atoms with van der Waals surface area (Å²) in [6.07, 6.45) is 2.13. The molecular formula is C12H23NO2. The smallest absolute Gasteiger partial charge is 0.410 e. The summed E-state index contributed by atoms with van der Waals surface area (Å²) in [5.41, 5.74) is -0.391. The van der Waals surface area contributed by atoms with Crippen molar-refractivity contribution >= 4 is 6.09 Å². The van der Waals surface area contributed by atoms with Crippen LogP contribution in [0.1, 0.15) is 47.5 Å². The maximum absolute atomic E-state index is 11.9. The van der Waals surface area contributed by atoms with Crippen molar-refractivity contribution in [1.82, 2.24) is 4.90 Å². The fourth-order valence-corrected chi connectivity index (χ4v) is 1.86. The lowest BCUT2D eigenvalue weighted by atomic mass is 9.95. The molecule has 15 heavy (non-hydrogen) atoms. The van der Waals surface area contributed by atoms with E-state index < -0.39 is 5.60 Å². The highest BCUT2D eigenvalue weighted by Crippen LogP contribution is 2.23. The summed E-state index contributed by atoms with van der Waals surface area (Å²) in [6, 6.07) is 0.316. The van der Waals surface area contributed by atoms with E-state index in [0.29, 0.717) is 12.0 Å². The predicted octanol–water partition coefficient (Wildman–Crippen LogP) is 3.04. The Balaban J connectivity index is 2.57. The minimum absolute atomic E-state index is 0.165. The van der Waals surface area contributed by atoms with Crippen LogP contribution in [0.2, 0.25) is 0 Å². The van der Waals surface area contributed by atoms with Gasteiger partial charge in [-0.2, -0.15) is 0 Å². The van der Waals surface area contributed by atoms with Crippen LogP contribution in [0.5, 0.6) is 0 Å². The van der Waals surface area contributed by atoms with Crippen LogP contribution in [-0.2, 0) is 4.74 Å². The van der Waals surface area contributed by atoms with E-state index in [0.717, 1.165) is 13.0 Å².